The van der Waals surface area contributed by atoms with Crippen molar-refractivity contribution in [2.45, 2.75) is 29.4 Å². The van der Waals surface area contributed by atoms with Gasteiger partial charge in [-0.2, -0.15) is 0 Å². The van der Waals surface area contributed by atoms with Crippen molar-refractivity contribution in [1.82, 2.24) is 24.8 Å². The highest BCUT2D eigenvalue weighted by Crippen LogP contribution is 2.36. The lowest BCUT2D eigenvalue weighted by Crippen LogP contribution is -2.15. The molecule has 0 saturated heterocycles. The highest BCUT2D eigenvalue weighted by atomic mass is 127. The molecule has 0 amide bonds. The van der Waals surface area contributed by atoms with Gasteiger partial charge in [0.25, 0.3) is 0 Å². The maximum Gasteiger partial charge on any atom is 0.175 e. The van der Waals surface area contributed by atoms with Gasteiger partial charge in [-0.3, -0.25) is 4.79 Å². The fourth-order valence-electron chi connectivity index (χ4n) is 3.11. The first-order valence-electron chi connectivity index (χ1n) is 8.43. The van der Waals surface area contributed by atoms with Crippen molar-refractivity contribution >= 4 is 57.1 Å². The number of anilines is 1. The summed E-state index contributed by atoms with van der Waals surface area (Å²) in [7, 11) is 0. The molecule has 0 fully saturated rings. The van der Waals surface area contributed by atoms with Crippen LogP contribution in [-0.4, -0.2) is 31.8 Å². The number of nitrogen functional groups attached to an aromatic ring is 1. The number of aromatic nitrogens is 4. The molecule has 2 aromatic heterocycles. The third-order valence-electron chi connectivity index (χ3n) is 4.43. The van der Waals surface area contributed by atoms with E-state index in [1.807, 2.05) is 10.6 Å². The molecule has 3 N–H and O–H groups in total. The summed E-state index contributed by atoms with van der Waals surface area (Å²) in [4.78, 5) is 26.2. The third-order valence-corrected chi connectivity index (χ3v) is 6.74. The second kappa shape index (κ2) is 7.47. The van der Waals surface area contributed by atoms with Crippen molar-refractivity contribution in [2.75, 3.05) is 12.3 Å². The number of Topliss-reactive ketones (excluding diaryl/α,β-unsaturated/α-hetero) is 1. The number of nitrogens with one attached hydrogen (secondary N) is 1. The number of carbonyl (C=O) groups is 1. The number of nitrogens with two attached hydrogens (primary N) is 1. The monoisotopic (exact) mass is 492 g/mol. The van der Waals surface area contributed by atoms with Crippen LogP contribution in [0.5, 0.6) is 0 Å². The number of hydrogen-bond donors (Lipinski definition) is 2. The largest absolute Gasteiger partial charge is 0.390 e. The molecule has 0 radical (unpaired) electrons. The quantitative estimate of drug-likeness (QED) is 0.403. The summed E-state index contributed by atoms with van der Waals surface area (Å²) in [6.07, 6.45) is 4.53. The van der Waals surface area contributed by atoms with Crippen LogP contribution in [-0.2, 0) is 13.0 Å². The first-order valence-corrected chi connectivity index (χ1v) is 10.3. The van der Waals surface area contributed by atoms with Crippen LogP contribution in [0.2, 0.25) is 0 Å². The Morgan fingerprint density at radius 3 is 3.04 bits per heavy atom. The molecule has 27 heavy (non-hydrogen) atoms. The Balaban J connectivity index is 1.76. The molecule has 4 rings (SSSR count). The summed E-state index contributed by atoms with van der Waals surface area (Å²) < 4.78 is 3.12. The predicted molar refractivity (Wildman–Crippen MR) is 114 cm³/mol. The number of rotatable bonds is 6. The summed E-state index contributed by atoms with van der Waals surface area (Å²) in [5, 5.41) is 3.86. The third kappa shape index (κ3) is 3.41. The highest BCUT2D eigenvalue weighted by molar-refractivity contribution is 14.1. The second-order valence-electron chi connectivity index (χ2n) is 6.10. The predicted octanol–water partition coefficient (Wildman–Crippen LogP) is 3.03. The average Bonchev–Trinajstić information content (AvgIpc) is 3.18. The van der Waals surface area contributed by atoms with Gasteiger partial charge >= 0.3 is 0 Å². The minimum atomic E-state index is 0.210. The topological polar surface area (TPSA) is 98.7 Å². The van der Waals surface area contributed by atoms with Gasteiger partial charge in [-0.25, -0.2) is 15.0 Å². The molecule has 9 heteroatoms. The van der Waals surface area contributed by atoms with E-state index in [9.17, 15) is 4.79 Å². The van der Waals surface area contributed by atoms with E-state index >= 15 is 0 Å². The van der Waals surface area contributed by atoms with Gasteiger partial charge < -0.3 is 15.6 Å². The van der Waals surface area contributed by atoms with E-state index in [0.29, 0.717) is 36.5 Å². The maximum absolute atomic E-state index is 12.1. The molecule has 1 aromatic carbocycles. The average molecular weight is 492 g/mol. The molecular weight excluding hydrogens is 475 g/mol. The van der Waals surface area contributed by atoms with Crippen LogP contribution < -0.4 is 11.1 Å². The van der Waals surface area contributed by atoms with Crippen LogP contribution in [0, 0.1) is 3.57 Å². The fraction of sp³-hybridized carbons (Fsp3) is 0.222. The number of carbonyl (C=O) groups excluding carboxylic acids is 1. The molecule has 1 aliphatic carbocycles. The minimum Gasteiger partial charge on any atom is -0.390 e. The van der Waals surface area contributed by atoms with Crippen molar-refractivity contribution in [1.29, 1.82) is 0 Å². The summed E-state index contributed by atoms with van der Waals surface area (Å²) in [5.74, 6) is 0.568. The SMILES string of the molecule is C=CNCCn1c(Sc2cc3c(cc2I)CCC3=O)nc2c(N)ncnc21. The Bertz CT molecular complexity index is 1060. The van der Waals surface area contributed by atoms with Gasteiger partial charge in [-0.15, -0.1) is 0 Å². The first kappa shape index (κ1) is 18.2. The highest BCUT2D eigenvalue weighted by Gasteiger charge is 2.23. The lowest BCUT2D eigenvalue weighted by atomic mass is 10.1. The van der Waals surface area contributed by atoms with E-state index in [2.05, 4.69) is 55.5 Å². The van der Waals surface area contributed by atoms with Crippen molar-refractivity contribution in [3.05, 3.63) is 45.9 Å². The van der Waals surface area contributed by atoms with Crippen LogP contribution >= 0.6 is 34.4 Å². The molecule has 0 unspecified atom stereocenters. The molecule has 3 aromatic rings. The van der Waals surface area contributed by atoms with Crippen molar-refractivity contribution in [2.24, 2.45) is 0 Å². The standard InChI is InChI=1S/C18H17IN6OS/c1-2-21-5-6-25-17-15(16(20)22-9-23-17)24-18(25)27-14-8-11-10(7-12(14)19)3-4-13(11)26/h2,7-9,21H,1,3-6H2,(H2,20,22,23). The van der Waals surface area contributed by atoms with Gasteiger partial charge in [-0.05, 0) is 52.9 Å². The molecule has 7 nitrogen and oxygen atoms in total. The number of nitrogens with zero attached hydrogens (tertiary/aromatic N) is 4. The number of hydrogen-bond acceptors (Lipinski definition) is 7. The zero-order valence-electron chi connectivity index (χ0n) is 14.4. The normalized spacial score (nSPS) is 13.1. The van der Waals surface area contributed by atoms with Gasteiger partial charge in [0.15, 0.2) is 27.9 Å². The number of ketones is 1. The smallest absolute Gasteiger partial charge is 0.175 e. The van der Waals surface area contributed by atoms with Gasteiger partial charge in [0, 0.05) is 33.5 Å². The van der Waals surface area contributed by atoms with Crippen molar-refractivity contribution < 1.29 is 4.79 Å². The van der Waals surface area contributed by atoms with Gasteiger partial charge in [0.05, 0.1) is 0 Å². The van der Waals surface area contributed by atoms with E-state index < -0.39 is 0 Å². The van der Waals surface area contributed by atoms with Crippen LogP contribution in [0.25, 0.3) is 11.2 Å². The van der Waals surface area contributed by atoms with Crippen LogP contribution in [0.15, 0.2) is 41.3 Å². The van der Waals surface area contributed by atoms with Crippen LogP contribution in [0.1, 0.15) is 22.3 Å². The number of fused-ring (bicyclic) bond motifs is 2. The van der Waals surface area contributed by atoms with E-state index in [4.69, 9.17) is 5.73 Å². The van der Waals surface area contributed by atoms with E-state index in [1.165, 1.54) is 18.1 Å². The molecular formula is C18H17IN6OS. The summed E-state index contributed by atoms with van der Waals surface area (Å²) in [5.41, 5.74) is 9.24. The molecule has 0 bridgehead atoms. The maximum atomic E-state index is 12.1. The Morgan fingerprint density at radius 2 is 2.22 bits per heavy atom. The Kier molecular flexibility index (Phi) is 5.04. The zero-order valence-corrected chi connectivity index (χ0v) is 17.4. The molecule has 1 aliphatic rings. The van der Waals surface area contributed by atoms with Crippen LogP contribution in [0.4, 0.5) is 5.82 Å². The number of halogens is 1. The molecule has 0 spiro atoms. The van der Waals surface area contributed by atoms with E-state index in [-0.39, 0.29) is 5.78 Å². The summed E-state index contributed by atoms with van der Waals surface area (Å²) in [6.45, 7) is 5.02. The van der Waals surface area contributed by atoms with Gasteiger partial charge in [0.2, 0.25) is 0 Å². The first-order chi connectivity index (χ1) is 13.1. The Hall–Kier alpha value is -2.14. The molecule has 2 heterocycles. The number of benzene rings is 1. The number of aryl methyl sites for hydroxylation is 1. The molecule has 138 valence electrons. The van der Waals surface area contributed by atoms with E-state index in [0.717, 1.165) is 31.2 Å². The van der Waals surface area contributed by atoms with Crippen molar-refractivity contribution in [3.8, 4) is 0 Å². The Morgan fingerprint density at radius 1 is 1.37 bits per heavy atom. The van der Waals surface area contributed by atoms with Gasteiger partial charge in [-0.1, -0.05) is 18.3 Å². The van der Waals surface area contributed by atoms with Crippen molar-refractivity contribution in [3.63, 3.8) is 0 Å². The van der Waals surface area contributed by atoms with Gasteiger partial charge in [0.1, 0.15) is 6.33 Å². The fourth-order valence-corrected chi connectivity index (χ4v) is 4.93. The van der Waals surface area contributed by atoms with Crippen LogP contribution in [0.3, 0.4) is 0 Å². The Labute approximate surface area is 174 Å². The minimum absolute atomic E-state index is 0.210. The zero-order chi connectivity index (χ0) is 19.0. The lowest BCUT2D eigenvalue weighted by Gasteiger charge is -2.10. The number of imidazole rings is 1. The molecule has 0 atom stereocenters. The summed E-state index contributed by atoms with van der Waals surface area (Å²) >= 11 is 3.83. The lowest BCUT2D eigenvalue weighted by molar-refractivity contribution is 0.0994. The molecule has 0 saturated carbocycles. The second-order valence-corrected chi connectivity index (χ2v) is 8.27. The molecule has 0 aliphatic heterocycles. The summed E-state index contributed by atoms with van der Waals surface area (Å²) in [6, 6.07) is 4.08. The van der Waals surface area contributed by atoms with E-state index in [1.54, 1.807) is 6.20 Å².